The van der Waals surface area contributed by atoms with Crippen LogP contribution < -0.4 is 9.47 Å². The molecule has 3 rings (SSSR count). The Morgan fingerprint density at radius 1 is 1.07 bits per heavy atom. The maximum atomic E-state index is 14.6. The van der Waals surface area contributed by atoms with E-state index in [0.29, 0.717) is 25.1 Å². The molecule has 29 heavy (non-hydrogen) atoms. The van der Waals surface area contributed by atoms with Crippen molar-refractivity contribution in [3.63, 3.8) is 0 Å². The Balaban J connectivity index is 1.81. The highest BCUT2D eigenvalue weighted by Gasteiger charge is 2.26. The molecule has 1 aliphatic rings. The largest absolute Gasteiger partial charge is 0.493 e. The second-order valence-corrected chi connectivity index (χ2v) is 6.74. The van der Waals surface area contributed by atoms with Crippen molar-refractivity contribution in [3.8, 4) is 17.2 Å². The molecule has 0 saturated carbocycles. The molecular weight excluding hydrogens is 382 g/mol. The van der Waals surface area contributed by atoms with Gasteiger partial charge >= 0.3 is 0 Å². The Morgan fingerprint density at radius 3 is 2.45 bits per heavy atom. The normalized spacial score (nSPS) is 14.2. The number of carbonyl (C=O) groups is 2. The van der Waals surface area contributed by atoms with E-state index in [1.54, 1.807) is 7.05 Å². The van der Waals surface area contributed by atoms with E-state index in [2.05, 4.69) is 0 Å². The van der Waals surface area contributed by atoms with Crippen molar-refractivity contribution >= 4 is 11.8 Å². The maximum absolute atomic E-state index is 14.6. The quantitative estimate of drug-likeness (QED) is 0.768. The summed E-state index contributed by atoms with van der Waals surface area (Å²) in [6, 6.07) is 6.40. The molecule has 0 aromatic heterocycles. The third-order valence-electron chi connectivity index (χ3n) is 4.86. The van der Waals surface area contributed by atoms with Gasteiger partial charge in [0.2, 0.25) is 5.91 Å². The average molecular weight is 404 g/mol. The van der Waals surface area contributed by atoms with Crippen LogP contribution in [0.5, 0.6) is 17.2 Å². The van der Waals surface area contributed by atoms with Crippen LogP contribution in [0.1, 0.15) is 22.8 Å². The van der Waals surface area contributed by atoms with Crippen LogP contribution in [0.4, 0.5) is 8.78 Å². The molecule has 0 aliphatic carbocycles. The minimum Gasteiger partial charge on any atom is -0.493 e. The fraction of sp³-hybridized carbons (Fsp3) is 0.333. The van der Waals surface area contributed by atoms with Gasteiger partial charge in [-0.05, 0) is 36.2 Å². The molecule has 2 amide bonds. The van der Waals surface area contributed by atoms with Crippen LogP contribution in [0.15, 0.2) is 30.3 Å². The first-order chi connectivity index (χ1) is 13.8. The van der Waals surface area contributed by atoms with Crippen LogP contribution in [0, 0.1) is 11.6 Å². The molecule has 1 heterocycles. The van der Waals surface area contributed by atoms with Gasteiger partial charge < -0.3 is 19.3 Å². The molecule has 0 spiro atoms. The molecule has 0 bridgehead atoms. The molecule has 2 aromatic rings. The second-order valence-electron chi connectivity index (χ2n) is 6.74. The SMILES string of the molecule is CCc1cc(OC)c(Oc2ccc(C(=O)N3CCN(C)C(=O)C3)cc2F)cc1F. The van der Waals surface area contributed by atoms with E-state index in [-0.39, 0.29) is 35.3 Å². The van der Waals surface area contributed by atoms with Gasteiger partial charge in [0.25, 0.3) is 5.91 Å². The highest BCUT2D eigenvalue weighted by atomic mass is 19.1. The molecule has 1 saturated heterocycles. The van der Waals surface area contributed by atoms with Gasteiger partial charge in [-0.2, -0.15) is 0 Å². The van der Waals surface area contributed by atoms with E-state index in [1.807, 2.05) is 6.92 Å². The molecule has 2 aromatic carbocycles. The molecule has 0 unspecified atom stereocenters. The molecule has 1 aliphatic heterocycles. The fourth-order valence-corrected chi connectivity index (χ4v) is 3.04. The lowest BCUT2D eigenvalue weighted by Gasteiger charge is -2.32. The first kappa shape index (κ1) is 20.6. The van der Waals surface area contributed by atoms with Crippen LogP contribution in [0.3, 0.4) is 0 Å². The Morgan fingerprint density at radius 2 is 1.83 bits per heavy atom. The van der Waals surface area contributed by atoms with Crippen LogP contribution in [-0.2, 0) is 11.2 Å². The first-order valence-electron chi connectivity index (χ1n) is 9.21. The number of rotatable bonds is 5. The van der Waals surface area contributed by atoms with Gasteiger partial charge in [-0.15, -0.1) is 0 Å². The van der Waals surface area contributed by atoms with Gasteiger partial charge in [0.05, 0.1) is 7.11 Å². The van der Waals surface area contributed by atoms with Gasteiger partial charge in [0.1, 0.15) is 12.4 Å². The zero-order valence-electron chi connectivity index (χ0n) is 16.5. The van der Waals surface area contributed by atoms with Crippen molar-refractivity contribution in [2.24, 2.45) is 0 Å². The molecular formula is C21H22F2N2O4. The number of halogens is 2. The summed E-state index contributed by atoms with van der Waals surface area (Å²) in [5.74, 6) is -1.72. The molecule has 0 radical (unpaired) electrons. The van der Waals surface area contributed by atoms with Crippen molar-refractivity contribution in [2.75, 3.05) is 33.8 Å². The number of ether oxygens (including phenoxy) is 2. The van der Waals surface area contributed by atoms with Gasteiger partial charge in [-0.25, -0.2) is 8.78 Å². The van der Waals surface area contributed by atoms with Crippen molar-refractivity contribution in [1.82, 2.24) is 9.80 Å². The lowest BCUT2D eigenvalue weighted by atomic mass is 10.1. The highest BCUT2D eigenvalue weighted by Crippen LogP contribution is 2.35. The number of aryl methyl sites for hydroxylation is 1. The molecule has 8 heteroatoms. The van der Waals surface area contributed by atoms with Gasteiger partial charge in [-0.3, -0.25) is 9.59 Å². The molecule has 154 valence electrons. The molecule has 0 atom stereocenters. The topological polar surface area (TPSA) is 59.1 Å². The zero-order chi connectivity index (χ0) is 21.1. The van der Waals surface area contributed by atoms with Gasteiger partial charge in [-0.1, -0.05) is 6.92 Å². The third kappa shape index (κ3) is 4.31. The standard InChI is InChI=1S/C21H22F2N2O4/c1-4-13-10-18(28-3)19(11-15(13)22)29-17-6-5-14(9-16(17)23)21(27)25-8-7-24(2)20(26)12-25/h5-6,9-11H,4,7-8,12H2,1-3H3. The minimum atomic E-state index is -0.779. The Bertz CT molecular complexity index is 949. The minimum absolute atomic E-state index is 0.0323. The van der Waals surface area contributed by atoms with Crippen molar-refractivity contribution < 1.29 is 27.8 Å². The Labute approximate surface area is 167 Å². The highest BCUT2D eigenvalue weighted by molar-refractivity contribution is 5.97. The summed E-state index contributed by atoms with van der Waals surface area (Å²) in [5, 5.41) is 0. The van der Waals surface area contributed by atoms with Crippen LogP contribution in [0.2, 0.25) is 0 Å². The number of methoxy groups -OCH3 is 1. The number of hydrogen-bond donors (Lipinski definition) is 0. The van der Waals surface area contributed by atoms with Crippen molar-refractivity contribution in [2.45, 2.75) is 13.3 Å². The lowest BCUT2D eigenvalue weighted by molar-refractivity contribution is -0.133. The lowest BCUT2D eigenvalue weighted by Crippen LogP contribution is -2.50. The number of likely N-dealkylation sites (N-methyl/N-ethyl adjacent to an activating group) is 1. The second kappa shape index (κ2) is 8.46. The van der Waals surface area contributed by atoms with Gasteiger partial charge in [0.15, 0.2) is 23.1 Å². The Kier molecular flexibility index (Phi) is 6.00. The number of carbonyl (C=O) groups excluding carboxylic acids is 2. The third-order valence-corrected chi connectivity index (χ3v) is 4.86. The predicted octanol–water partition coefficient (Wildman–Crippen LogP) is 3.24. The molecule has 1 fully saturated rings. The van der Waals surface area contributed by atoms with Crippen LogP contribution >= 0.6 is 0 Å². The summed E-state index contributed by atoms with van der Waals surface area (Å²) < 4.78 is 39.4. The fourth-order valence-electron chi connectivity index (χ4n) is 3.04. The summed E-state index contributed by atoms with van der Waals surface area (Å²) in [6.07, 6.45) is 0.475. The van der Waals surface area contributed by atoms with E-state index < -0.39 is 17.5 Å². The monoisotopic (exact) mass is 404 g/mol. The summed E-state index contributed by atoms with van der Waals surface area (Å²) in [7, 11) is 3.08. The van der Waals surface area contributed by atoms with E-state index in [4.69, 9.17) is 9.47 Å². The number of piperazine rings is 1. The summed E-state index contributed by atoms with van der Waals surface area (Å²) in [4.78, 5) is 27.3. The zero-order valence-corrected chi connectivity index (χ0v) is 16.5. The van der Waals surface area contributed by atoms with Crippen molar-refractivity contribution in [3.05, 3.63) is 53.1 Å². The van der Waals surface area contributed by atoms with E-state index in [9.17, 15) is 18.4 Å². The Hall–Kier alpha value is -3.16. The van der Waals surface area contributed by atoms with Crippen molar-refractivity contribution in [1.29, 1.82) is 0 Å². The number of hydrogen-bond acceptors (Lipinski definition) is 4. The van der Waals surface area contributed by atoms with Crippen LogP contribution in [0.25, 0.3) is 0 Å². The summed E-state index contributed by atoms with van der Waals surface area (Å²) in [5.41, 5.74) is 0.559. The number of benzene rings is 2. The molecule has 6 nitrogen and oxygen atoms in total. The molecule has 0 N–H and O–H groups in total. The number of amides is 2. The van der Waals surface area contributed by atoms with Crippen LogP contribution in [-0.4, -0.2) is 55.4 Å². The van der Waals surface area contributed by atoms with E-state index >= 15 is 0 Å². The summed E-state index contributed by atoms with van der Waals surface area (Å²) >= 11 is 0. The summed E-state index contributed by atoms with van der Waals surface area (Å²) in [6.45, 7) is 2.56. The van der Waals surface area contributed by atoms with Gasteiger partial charge in [0, 0.05) is 31.8 Å². The van der Waals surface area contributed by atoms with E-state index in [0.717, 1.165) is 12.1 Å². The van der Waals surface area contributed by atoms with E-state index in [1.165, 1.54) is 35.1 Å². The maximum Gasteiger partial charge on any atom is 0.254 e. The average Bonchev–Trinajstić information content (AvgIpc) is 2.71. The predicted molar refractivity (Wildman–Crippen MR) is 102 cm³/mol. The smallest absolute Gasteiger partial charge is 0.254 e. The number of nitrogens with zero attached hydrogens (tertiary/aromatic N) is 2. The first-order valence-corrected chi connectivity index (χ1v) is 9.21.